The lowest BCUT2D eigenvalue weighted by atomic mass is 9.83. The van der Waals surface area contributed by atoms with E-state index in [9.17, 15) is 0 Å². The maximum absolute atomic E-state index is 6.36. The number of ether oxygens (including phenoxy) is 1. The van der Waals surface area contributed by atoms with Crippen molar-refractivity contribution in [1.82, 2.24) is 25.0 Å². The second kappa shape index (κ2) is 7.07. The molecule has 2 aliphatic heterocycles. The van der Waals surface area contributed by atoms with Crippen molar-refractivity contribution in [2.75, 3.05) is 19.7 Å². The lowest BCUT2D eigenvalue weighted by Crippen LogP contribution is -2.47. The van der Waals surface area contributed by atoms with E-state index >= 15 is 0 Å². The highest BCUT2D eigenvalue weighted by atomic mass is 16.5. The molecule has 3 aromatic rings. The summed E-state index contributed by atoms with van der Waals surface area (Å²) in [6.45, 7) is 5.07. The molecule has 1 aromatic carbocycles. The molecule has 7 heteroatoms. The quantitative estimate of drug-likeness (QED) is 0.694. The molecule has 0 amide bonds. The highest BCUT2D eigenvalue weighted by Gasteiger charge is 2.42. The largest absolute Gasteiger partial charge is 0.368 e. The molecule has 0 unspecified atom stereocenters. The van der Waals surface area contributed by atoms with E-state index in [1.807, 2.05) is 43.5 Å². The number of benzene rings is 1. The average Bonchev–Trinajstić information content (AvgIpc) is 3.15. The number of piperidine rings is 1. The Morgan fingerprint density at radius 3 is 2.68 bits per heavy atom. The molecular weight excluding hydrogens is 354 g/mol. The first-order chi connectivity index (χ1) is 13.7. The van der Waals surface area contributed by atoms with Crippen molar-refractivity contribution in [2.24, 2.45) is 0 Å². The highest BCUT2D eigenvalue weighted by molar-refractivity contribution is 5.55. The molecule has 4 heterocycles. The van der Waals surface area contributed by atoms with Crippen molar-refractivity contribution in [3.8, 4) is 11.4 Å². The molecule has 144 valence electrons. The van der Waals surface area contributed by atoms with Crippen molar-refractivity contribution in [2.45, 2.75) is 38.3 Å². The molecule has 1 spiro atoms. The van der Waals surface area contributed by atoms with Crippen LogP contribution in [-0.4, -0.2) is 44.7 Å². The summed E-state index contributed by atoms with van der Waals surface area (Å²) in [6, 6.07) is 10.1. The summed E-state index contributed by atoms with van der Waals surface area (Å²) < 4.78 is 11.6. The summed E-state index contributed by atoms with van der Waals surface area (Å²) in [5.41, 5.74) is 3.00. The monoisotopic (exact) mass is 377 g/mol. The third-order valence-electron chi connectivity index (χ3n) is 5.67. The number of nitrogens with zero attached hydrogens (tertiary/aromatic N) is 5. The standard InChI is InChI=1S/C21H23N5O2/c1-15-23-18(28-25-15)14-26-10-8-21(9-11-26)19-17(7-12-27-21)13-22-20(24-19)16-5-3-2-4-6-16/h2-6,13H,7-12,14H2,1H3. The molecule has 0 atom stereocenters. The molecule has 5 rings (SSSR count). The van der Waals surface area contributed by atoms with Crippen LogP contribution in [-0.2, 0) is 23.3 Å². The van der Waals surface area contributed by atoms with Gasteiger partial charge in [0.15, 0.2) is 11.6 Å². The van der Waals surface area contributed by atoms with Gasteiger partial charge >= 0.3 is 0 Å². The maximum atomic E-state index is 6.36. The zero-order valence-electron chi connectivity index (χ0n) is 16.0. The van der Waals surface area contributed by atoms with E-state index in [1.54, 1.807) is 0 Å². The molecule has 28 heavy (non-hydrogen) atoms. The van der Waals surface area contributed by atoms with E-state index in [2.05, 4.69) is 20.0 Å². The van der Waals surface area contributed by atoms with Gasteiger partial charge in [-0.05, 0) is 31.7 Å². The molecule has 2 aromatic heterocycles. The molecule has 1 fully saturated rings. The Hall–Kier alpha value is -2.64. The van der Waals surface area contributed by atoms with E-state index in [1.165, 1.54) is 5.56 Å². The van der Waals surface area contributed by atoms with Gasteiger partial charge in [0.05, 0.1) is 18.8 Å². The highest BCUT2D eigenvalue weighted by Crippen LogP contribution is 2.41. The minimum absolute atomic E-state index is 0.318. The molecule has 1 saturated heterocycles. The Kier molecular flexibility index (Phi) is 4.41. The topological polar surface area (TPSA) is 77.2 Å². The van der Waals surface area contributed by atoms with Crippen LogP contribution >= 0.6 is 0 Å². The molecule has 0 N–H and O–H groups in total. The lowest BCUT2D eigenvalue weighted by Gasteiger charge is -2.43. The van der Waals surface area contributed by atoms with Crippen molar-refractivity contribution in [3.05, 3.63) is 59.5 Å². The van der Waals surface area contributed by atoms with E-state index in [4.69, 9.17) is 14.2 Å². The van der Waals surface area contributed by atoms with Gasteiger partial charge in [0.25, 0.3) is 0 Å². The van der Waals surface area contributed by atoms with Crippen LogP contribution in [0.4, 0.5) is 0 Å². The summed E-state index contributed by atoms with van der Waals surface area (Å²) in [7, 11) is 0. The number of hydrogen-bond acceptors (Lipinski definition) is 7. The Balaban J connectivity index is 1.38. The zero-order chi connectivity index (χ0) is 19.0. The number of aromatic nitrogens is 4. The molecule has 7 nitrogen and oxygen atoms in total. The van der Waals surface area contributed by atoms with E-state index in [0.717, 1.165) is 56.0 Å². The second-order valence-corrected chi connectivity index (χ2v) is 7.54. The number of likely N-dealkylation sites (tertiary alicyclic amines) is 1. The first-order valence-corrected chi connectivity index (χ1v) is 9.79. The first-order valence-electron chi connectivity index (χ1n) is 9.79. The third-order valence-corrected chi connectivity index (χ3v) is 5.67. The predicted molar refractivity (Wildman–Crippen MR) is 102 cm³/mol. The van der Waals surface area contributed by atoms with Gasteiger partial charge in [0.1, 0.15) is 5.60 Å². The first kappa shape index (κ1) is 17.5. The summed E-state index contributed by atoms with van der Waals surface area (Å²) >= 11 is 0. The summed E-state index contributed by atoms with van der Waals surface area (Å²) in [6.07, 6.45) is 4.66. The van der Waals surface area contributed by atoms with Crippen LogP contribution in [0.1, 0.15) is 35.8 Å². The van der Waals surface area contributed by atoms with Gasteiger partial charge in [0, 0.05) is 24.8 Å². The maximum Gasteiger partial charge on any atom is 0.240 e. The summed E-state index contributed by atoms with van der Waals surface area (Å²) in [5, 5.41) is 3.88. The Morgan fingerprint density at radius 1 is 1.11 bits per heavy atom. The smallest absolute Gasteiger partial charge is 0.240 e. The number of hydrogen-bond donors (Lipinski definition) is 0. The van der Waals surface area contributed by atoms with Crippen molar-refractivity contribution in [3.63, 3.8) is 0 Å². The number of rotatable bonds is 3. The average molecular weight is 377 g/mol. The molecule has 0 aliphatic carbocycles. The molecular formula is C21H23N5O2. The number of aryl methyl sites for hydroxylation is 1. The van der Waals surface area contributed by atoms with E-state index in [0.29, 0.717) is 18.3 Å². The normalized spacial score (nSPS) is 18.9. The van der Waals surface area contributed by atoms with Gasteiger partial charge in [-0.25, -0.2) is 9.97 Å². The second-order valence-electron chi connectivity index (χ2n) is 7.54. The van der Waals surface area contributed by atoms with E-state index in [-0.39, 0.29) is 5.60 Å². The van der Waals surface area contributed by atoms with Crippen molar-refractivity contribution < 1.29 is 9.26 Å². The zero-order valence-corrected chi connectivity index (χ0v) is 16.0. The molecule has 0 radical (unpaired) electrons. The van der Waals surface area contributed by atoms with Crippen LogP contribution in [0, 0.1) is 6.92 Å². The van der Waals surface area contributed by atoms with Crippen LogP contribution in [0.5, 0.6) is 0 Å². The Morgan fingerprint density at radius 2 is 1.93 bits per heavy atom. The minimum atomic E-state index is -0.318. The van der Waals surface area contributed by atoms with Gasteiger partial charge in [-0.1, -0.05) is 35.5 Å². The van der Waals surface area contributed by atoms with Crippen LogP contribution in [0.3, 0.4) is 0 Å². The lowest BCUT2D eigenvalue weighted by molar-refractivity contribution is -0.103. The molecule has 0 bridgehead atoms. The Labute approximate surface area is 163 Å². The van der Waals surface area contributed by atoms with Crippen LogP contribution < -0.4 is 0 Å². The van der Waals surface area contributed by atoms with Crippen molar-refractivity contribution >= 4 is 0 Å². The fourth-order valence-corrected chi connectivity index (χ4v) is 4.18. The third kappa shape index (κ3) is 3.21. The fraction of sp³-hybridized carbons (Fsp3) is 0.429. The minimum Gasteiger partial charge on any atom is -0.368 e. The van der Waals surface area contributed by atoms with Crippen molar-refractivity contribution in [1.29, 1.82) is 0 Å². The number of fused-ring (bicyclic) bond motifs is 2. The van der Waals surface area contributed by atoms with Crippen LogP contribution in [0.25, 0.3) is 11.4 Å². The van der Waals surface area contributed by atoms with Gasteiger partial charge in [0.2, 0.25) is 5.89 Å². The predicted octanol–water partition coefficient (Wildman–Crippen LogP) is 2.90. The van der Waals surface area contributed by atoms with Gasteiger partial charge in [-0.15, -0.1) is 0 Å². The molecule has 0 saturated carbocycles. The fourth-order valence-electron chi connectivity index (χ4n) is 4.18. The van der Waals surface area contributed by atoms with Gasteiger partial charge < -0.3 is 9.26 Å². The van der Waals surface area contributed by atoms with E-state index < -0.39 is 0 Å². The van der Waals surface area contributed by atoms with Crippen LogP contribution in [0.15, 0.2) is 41.1 Å². The van der Waals surface area contributed by atoms with Gasteiger partial charge in [-0.2, -0.15) is 4.98 Å². The van der Waals surface area contributed by atoms with Gasteiger partial charge in [-0.3, -0.25) is 4.90 Å². The SMILES string of the molecule is Cc1noc(CN2CCC3(CC2)OCCc2cnc(-c4ccccc4)nc23)n1. The summed E-state index contributed by atoms with van der Waals surface area (Å²) in [5.74, 6) is 2.12. The van der Waals surface area contributed by atoms with Crippen LogP contribution in [0.2, 0.25) is 0 Å². The Bertz CT molecular complexity index is 964. The molecule has 2 aliphatic rings. The summed E-state index contributed by atoms with van der Waals surface area (Å²) in [4.78, 5) is 16.2.